The number of hydrogen-bond acceptors (Lipinski definition) is 4. The average molecular weight is 296 g/mol. The fourth-order valence-electron chi connectivity index (χ4n) is 1.66. The van der Waals surface area contributed by atoms with Crippen LogP contribution in [-0.4, -0.2) is 35.7 Å². The summed E-state index contributed by atoms with van der Waals surface area (Å²) in [6, 6.07) is 8.12. The van der Waals surface area contributed by atoms with Crippen molar-refractivity contribution >= 4 is 21.6 Å². The number of imidazole rings is 1. The van der Waals surface area contributed by atoms with Crippen molar-refractivity contribution in [3.05, 3.63) is 42.2 Å². The maximum absolute atomic E-state index is 11.1. The summed E-state index contributed by atoms with van der Waals surface area (Å²) in [4.78, 5) is 4.27. The van der Waals surface area contributed by atoms with Gasteiger partial charge in [0.2, 0.25) is 0 Å². The minimum absolute atomic E-state index is 0.165. The van der Waals surface area contributed by atoms with E-state index < -0.39 is 9.84 Å². The van der Waals surface area contributed by atoms with Gasteiger partial charge in [-0.05, 0) is 24.6 Å². The highest BCUT2D eigenvalue weighted by molar-refractivity contribution is 8.00. The number of sulfone groups is 1. The second-order valence-electron chi connectivity index (χ2n) is 4.40. The molecule has 0 unspecified atom stereocenters. The molecular formula is C13H16N2O2S2. The van der Waals surface area contributed by atoms with Gasteiger partial charge < -0.3 is 0 Å². The molecule has 2 rings (SSSR count). The van der Waals surface area contributed by atoms with Gasteiger partial charge >= 0.3 is 0 Å². The van der Waals surface area contributed by atoms with Gasteiger partial charge in [-0.3, -0.25) is 4.57 Å². The van der Waals surface area contributed by atoms with Gasteiger partial charge in [-0.2, -0.15) is 0 Å². The highest BCUT2D eigenvalue weighted by atomic mass is 32.2. The highest BCUT2D eigenvalue weighted by Crippen LogP contribution is 2.21. The Labute approximate surface area is 117 Å². The summed E-state index contributed by atoms with van der Waals surface area (Å²) in [5.74, 6) is 0.681. The van der Waals surface area contributed by atoms with Crippen molar-refractivity contribution in [2.24, 2.45) is 0 Å². The summed E-state index contributed by atoms with van der Waals surface area (Å²) >= 11 is 1.45. The maximum Gasteiger partial charge on any atom is 0.172 e. The van der Waals surface area contributed by atoms with Crippen molar-refractivity contribution in [3.8, 4) is 5.69 Å². The van der Waals surface area contributed by atoms with Crippen LogP contribution in [0.5, 0.6) is 0 Å². The van der Waals surface area contributed by atoms with Crippen LogP contribution >= 0.6 is 11.8 Å². The zero-order chi connectivity index (χ0) is 13.9. The molecule has 0 atom stereocenters. The smallest absolute Gasteiger partial charge is 0.172 e. The normalized spacial score (nSPS) is 11.7. The number of aryl methyl sites for hydroxylation is 1. The van der Waals surface area contributed by atoms with Crippen LogP contribution < -0.4 is 0 Å². The zero-order valence-electron chi connectivity index (χ0n) is 10.9. The maximum atomic E-state index is 11.1. The third kappa shape index (κ3) is 4.11. The molecule has 0 N–H and O–H groups in total. The Kier molecular flexibility index (Phi) is 4.31. The molecular weight excluding hydrogens is 280 g/mol. The predicted molar refractivity (Wildman–Crippen MR) is 78.7 cm³/mol. The van der Waals surface area contributed by atoms with Crippen LogP contribution in [-0.2, 0) is 9.84 Å². The molecule has 0 amide bonds. The zero-order valence-corrected chi connectivity index (χ0v) is 12.5. The number of thioether (sulfide) groups is 1. The first kappa shape index (κ1) is 14.1. The van der Waals surface area contributed by atoms with Crippen LogP contribution in [0.15, 0.2) is 41.8 Å². The fraction of sp³-hybridized carbons (Fsp3) is 0.308. The van der Waals surface area contributed by atoms with E-state index in [0.717, 1.165) is 10.8 Å². The predicted octanol–water partition coefficient (Wildman–Crippen LogP) is 2.32. The lowest BCUT2D eigenvalue weighted by molar-refractivity contribution is 0.603. The van der Waals surface area contributed by atoms with Gasteiger partial charge in [0.05, 0.1) is 5.75 Å². The molecule has 0 spiro atoms. The Balaban J connectivity index is 2.14. The molecule has 0 aliphatic heterocycles. The van der Waals surface area contributed by atoms with Crippen molar-refractivity contribution in [1.82, 2.24) is 9.55 Å². The molecule has 0 radical (unpaired) electrons. The third-order valence-electron chi connectivity index (χ3n) is 2.57. The van der Waals surface area contributed by atoms with Crippen LogP contribution in [0, 0.1) is 6.92 Å². The van der Waals surface area contributed by atoms with E-state index in [4.69, 9.17) is 0 Å². The van der Waals surface area contributed by atoms with Crippen LogP contribution in [0.4, 0.5) is 0 Å². The summed E-state index contributed by atoms with van der Waals surface area (Å²) in [6.07, 6.45) is 4.86. The first-order valence-corrected chi connectivity index (χ1v) is 8.91. The molecule has 0 aliphatic rings. The molecule has 19 heavy (non-hydrogen) atoms. The summed E-state index contributed by atoms with van der Waals surface area (Å²) in [6.45, 7) is 2.04. The van der Waals surface area contributed by atoms with E-state index in [1.165, 1.54) is 23.6 Å². The lowest BCUT2D eigenvalue weighted by Crippen LogP contribution is -2.06. The first-order chi connectivity index (χ1) is 8.96. The third-order valence-corrected chi connectivity index (χ3v) is 4.74. The quantitative estimate of drug-likeness (QED) is 0.795. The van der Waals surface area contributed by atoms with E-state index in [1.807, 2.05) is 35.9 Å². The molecule has 4 nitrogen and oxygen atoms in total. The molecule has 0 bridgehead atoms. The van der Waals surface area contributed by atoms with Gasteiger partial charge in [-0.25, -0.2) is 13.4 Å². The van der Waals surface area contributed by atoms with Gasteiger partial charge in [-0.15, -0.1) is 0 Å². The Morgan fingerprint density at radius 1 is 1.37 bits per heavy atom. The monoisotopic (exact) mass is 296 g/mol. The highest BCUT2D eigenvalue weighted by Gasteiger charge is 2.08. The SMILES string of the molecule is Cc1cccc(-n2ccnc2SCCS(C)(=O)=O)c1. The molecule has 102 valence electrons. The van der Waals surface area contributed by atoms with Gasteiger partial charge in [0.25, 0.3) is 0 Å². The van der Waals surface area contributed by atoms with Crippen molar-refractivity contribution in [3.63, 3.8) is 0 Å². The van der Waals surface area contributed by atoms with Crippen LogP contribution in [0.3, 0.4) is 0 Å². The number of nitrogens with zero attached hydrogens (tertiary/aromatic N) is 2. The van der Waals surface area contributed by atoms with Gasteiger partial charge in [0.15, 0.2) is 5.16 Å². The van der Waals surface area contributed by atoms with E-state index in [0.29, 0.717) is 5.75 Å². The van der Waals surface area contributed by atoms with E-state index in [9.17, 15) is 8.42 Å². The van der Waals surface area contributed by atoms with Gasteiger partial charge in [-0.1, -0.05) is 23.9 Å². The Hall–Kier alpha value is -1.27. The lowest BCUT2D eigenvalue weighted by Gasteiger charge is -2.07. The molecule has 0 saturated heterocycles. The molecule has 1 aromatic carbocycles. The largest absolute Gasteiger partial charge is 0.295 e. The summed E-state index contributed by atoms with van der Waals surface area (Å²) in [5, 5.41) is 0.814. The van der Waals surface area contributed by atoms with Crippen molar-refractivity contribution < 1.29 is 8.42 Å². The van der Waals surface area contributed by atoms with E-state index in [2.05, 4.69) is 11.1 Å². The minimum Gasteiger partial charge on any atom is -0.295 e. The van der Waals surface area contributed by atoms with Gasteiger partial charge in [0.1, 0.15) is 9.84 Å². The van der Waals surface area contributed by atoms with Crippen molar-refractivity contribution in [2.75, 3.05) is 17.8 Å². The lowest BCUT2D eigenvalue weighted by atomic mass is 10.2. The number of benzene rings is 1. The summed E-state index contributed by atoms with van der Waals surface area (Å²) < 4.78 is 24.2. The summed E-state index contributed by atoms with van der Waals surface area (Å²) in [5.41, 5.74) is 2.22. The molecule has 2 aromatic rings. The van der Waals surface area contributed by atoms with E-state index >= 15 is 0 Å². The first-order valence-electron chi connectivity index (χ1n) is 5.86. The molecule has 0 saturated carbocycles. The second-order valence-corrected chi connectivity index (χ2v) is 7.72. The minimum atomic E-state index is -2.92. The average Bonchev–Trinajstić information content (AvgIpc) is 2.75. The molecule has 6 heteroatoms. The Morgan fingerprint density at radius 3 is 2.84 bits per heavy atom. The number of hydrogen-bond donors (Lipinski definition) is 0. The van der Waals surface area contributed by atoms with Gasteiger partial charge in [0, 0.05) is 30.1 Å². The topological polar surface area (TPSA) is 52.0 Å². The Bertz CT molecular complexity index is 663. The van der Waals surface area contributed by atoms with E-state index in [1.54, 1.807) is 6.20 Å². The Morgan fingerprint density at radius 2 is 2.16 bits per heavy atom. The summed E-state index contributed by atoms with van der Waals surface area (Å²) in [7, 11) is -2.92. The van der Waals surface area contributed by atoms with Crippen molar-refractivity contribution in [2.45, 2.75) is 12.1 Å². The van der Waals surface area contributed by atoms with Crippen molar-refractivity contribution in [1.29, 1.82) is 0 Å². The standard InChI is InChI=1S/C13H16N2O2S2/c1-11-4-3-5-12(10-11)15-7-6-14-13(15)18-8-9-19(2,16)17/h3-7,10H,8-9H2,1-2H3. The van der Waals surface area contributed by atoms with Crippen LogP contribution in [0.1, 0.15) is 5.56 Å². The number of aromatic nitrogens is 2. The second kappa shape index (κ2) is 5.79. The molecule has 0 aliphatic carbocycles. The van der Waals surface area contributed by atoms with Crippen LogP contribution in [0.2, 0.25) is 0 Å². The van der Waals surface area contributed by atoms with E-state index in [-0.39, 0.29) is 5.75 Å². The molecule has 1 heterocycles. The molecule has 1 aromatic heterocycles. The van der Waals surface area contributed by atoms with Crippen LogP contribution in [0.25, 0.3) is 5.69 Å². The fourth-order valence-corrected chi connectivity index (χ4v) is 3.82. The number of rotatable bonds is 5. The molecule has 0 fully saturated rings.